The number of para-hydroxylation sites is 1. The molecule has 100 valence electrons. The first-order chi connectivity index (χ1) is 9.11. The van der Waals surface area contributed by atoms with Gasteiger partial charge in [0.05, 0.1) is 11.6 Å². The molecule has 1 aromatic heterocycles. The maximum Gasteiger partial charge on any atom is 0.253 e. The number of carbonyl (C=O) groups excluding carboxylic acids is 1. The lowest BCUT2D eigenvalue weighted by molar-refractivity contribution is 0.0940. The van der Waals surface area contributed by atoms with Crippen molar-refractivity contribution in [3.63, 3.8) is 0 Å². The summed E-state index contributed by atoms with van der Waals surface area (Å²) in [6.45, 7) is 4.01. The number of benzene rings is 1. The van der Waals surface area contributed by atoms with Crippen molar-refractivity contribution in [2.24, 2.45) is 0 Å². The molecule has 1 aromatic carbocycles. The standard InChI is InChI=1S/C14H17N3OS/c1-3-10-8-16-14(19-10)9(2)17-13(18)11-6-4-5-7-12(11)15/h4-9H,3,15H2,1-2H3,(H,17,18). The van der Waals surface area contributed by atoms with Gasteiger partial charge in [-0.2, -0.15) is 0 Å². The lowest BCUT2D eigenvalue weighted by Crippen LogP contribution is -2.27. The summed E-state index contributed by atoms with van der Waals surface area (Å²) >= 11 is 1.63. The Morgan fingerprint density at radius 3 is 2.84 bits per heavy atom. The summed E-state index contributed by atoms with van der Waals surface area (Å²) in [5.41, 5.74) is 6.78. The predicted molar refractivity (Wildman–Crippen MR) is 78.2 cm³/mol. The Balaban J connectivity index is 2.08. The molecule has 0 aliphatic heterocycles. The smallest absolute Gasteiger partial charge is 0.253 e. The molecular formula is C14H17N3OS. The topological polar surface area (TPSA) is 68.0 Å². The van der Waals surface area contributed by atoms with Crippen molar-refractivity contribution in [1.29, 1.82) is 0 Å². The fraction of sp³-hybridized carbons (Fsp3) is 0.286. The van der Waals surface area contributed by atoms with E-state index in [1.807, 2.05) is 19.2 Å². The average Bonchev–Trinajstić information content (AvgIpc) is 2.88. The Bertz CT molecular complexity index is 580. The molecule has 4 nitrogen and oxygen atoms in total. The third-order valence-electron chi connectivity index (χ3n) is 2.84. The van der Waals surface area contributed by atoms with Crippen molar-refractivity contribution in [3.8, 4) is 0 Å². The van der Waals surface area contributed by atoms with Gasteiger partial charge in [0, 0.05) is 16.8 Å². The van der Waals surface area contributed by atoms with Crippen LogP contribution in [0.25, 0.3) is 0 Å². The van der Waals surface area contributed by atoms with Crippen molar-refractivity contribution in [3.05, 3.63) is 45.9 Å². The van der Waals surface area contributed by atoms with Gasteiger partial charge < -0.3 is 11.1 Å². The molecule has 2 aromatic rings. The van der Waals surface area contributed by atoms with E-state index in [-0.39, 0.29) is 11.9 Å². The van der Waals surface area contributed by atoms with Gasteiger partial charge in [-0.25, -0.2) is 4.98 Å². The normalized spacial score (nSPS) is 12.1. The van der Waals surface area contributed by atoms with Crippen LogP contribution in [0.3, 0.4) is 0 Å². The van der Waals surface area contributed by atoms with Crippen molar-refractivity contribution < 1.29 is 4.79 Å². The number of hydrogen-bond acceptors (Lipinski definition) is 4. The molecule has 0 saturated heterocycles. The number of nitrogens with one attached hydrogen (secondary N) is 1. The second-order valence-electron chi connectivity index (χ2n) is 4.30. The molecule has 0 fully saturated rings. The number of nitrogens with zero attached hydrogens (tertiary/aromatic N) is 1. The van der Waals surface area contributed by atoms with Crippen molar-refractivity contribution in [2.45, 2.75) is 26.3 Å². The highest BCUT2D eigenvalue weighted by Crippen LogP contribution is 2.21. The molecule has 0 saturated carbocycles. The highest BCUT2D eigenvalue weighted by atomic mass is 32.1. The van der Waals surface area contributed by atoms with Crippen molar-refractivity contribution in [2.75, 3.05) is 5.73 Å². The van der Waals surface area contributed by atoms with Gasteiger partial charge in [-0.05, 0) is 25.5 Å². The minimum atomic E-state index is -0.168. The van der Waals surface area contributed by atoms with Crippen LogP contribution in [0.5, 0.6) is 0 Å². The second-order valence-corrected chi connectivity index (χ2v) is 5.45. The summed E-state index contributed by atoms with van der Waals surface area (Å²) in [7, 11) is 0. The monoisotopic (exact) mass is 275 g/mol. The molecular weight excluding hydrogens is 258 g/mol. The molecule has 0 aliphatic rings. The fourth-order valence-corrected chi connectivity index (χ4v) is 2.59. The summed E-state index contributed by atoms with van der Waals surface area (Å²) in [4.78, 5) is 17.7. The largest absolute Gasteiger partial charge is 0.398 e. The van der Waals surface area contributed by atoms with Gasteiger partial charge in [-0.3, -0.25) is 4.79 Å². The molecule has 1 unspecified atom stereocenters. The Hall–Kier alpha value is -1.88. The van der Waals surface area contributed by atoms with Crippen LogP contribution in [0.2, 0.25) is 0 Å². The van der Waals surface area contributed by atoms with Gasteiger partial charge in [0.1, 0.15) is 5.01 Å². The maximum atomic E-state index is 12.1. The summed E-state index contributed by atoms with van der Waals surface area (Å²) in [6.07, 6.45) is 2.82. The van der Waals surface area contributed by atoms with E-state index >= 15 is 0 Å². The van der Waals surface area contributed by atoms with Crippen LogP contribution in [-0.2, 0) is 6.42 Å². The minimum absolute atomic E-state index is 0.114. The third-order valence-corrected chi connectivity index (χ3v) is 4.17. The van der Waals surface area contributed by atoms with Crippen LogP contribution in [0, 0.1) is 0 Å². The number of rotatable bonds is 4. The van der Waals surface area contributed by atoms with Crippen LogP contribution < -0.4 is 11.1 Å². The molecule has 1 heterocycles. The number of thiazole rings is 1. The van der Waals surface area contributed by atoms with E-state index in [0.717, 1.165) is 11.4 Å². The number of aromatic nitrogens is 1. The Kier molecular flexibility index (Phi) is 4.16. The molecule has 2 rings (SSSR count). The van der Waals surface area contributed by atoms with Crippen molar-refractivity contribution in [1.82, 2.24) is 10.3 Å². The number of carbonyl (C=O) groups is 1. The first-order valence-corrected chi connectivity index (χ1v) is 7.03. The summed E-state index contributed by atoms with van der Waals surface area (Å²) in [6, 6.07) is 6.94. The van der Waals surface area contributed by atoms with E-state index < -0.39 is 0 Å². The Morgan fingerprint density at radius 2 is 2.21 bits per heavy atom. The number of hydrogen-bond donors (Lipinski definition) is 2. The summed E-state index contributed by atoms with van der Waals surface area (Å²) < 4.78 is 0. The van der Waals surface area contributed by atoms with Gasteiger partial charge in [-0.1, -0.05) is 19.1 Å². The number of amides is 1. The first-order valence-electron chi connectivity index (χ1n) is 6.21. The molecule has 19 heavy (non-hydrogen) atoms. The minimum Gasteiger partial charge on any atom is -0.398 e. The van der Waals surface area contributed by atoms with E-state index in [2.05, 4.69) is 17.2 Å². The summed E-state index contributed by atoms with van der Waals surface area (Å²) in [5.74, 6) is -0.168. The number of anilines is 1. The molecule has 0 radical (unpaired) electrons. The van der Waals surface area contributed by atoms with Crippen LogP contribution in [0.4, 0.5) is 5.69 Å². The van der Waals surface area contributed by atoms with Gasteiger partial charge in [0.15, 0.2) is 0 Å². The van der Waals surface area contributed by atoms with E-state index in [1.54, 1.807) is 29.5 Å². The third kappa shape index (κ3) is 3.12. The molecule has 5 heteroatoms. The predicted octanol–water partition coefficient (Wildman–Crippen LogP) is 2.78. The van der Waals surface area contributed by atoms with Crippen LogP contribution >= 0.6 is 11.3 Å². The maximum absolute atomic E-state index is 12.1. The lowest BCUT2D eigenvalue weighted by Gasteiger charge is -2.12. The first kappa shape index (κ1) is 13.5. The van der Waals surface area contributed by atoms with Gasteiger partial charge >= 0.3 is 0 Å². The zero-order valence-corrected chi connectivity index (χ0v) is 11.8. The van der Waals surface area contributed by atoms with E-state index in [4.69, 9.17) is 5.73 Å². The van der Waals surface area contributed by atoms with Crippen LogP contribution in [0.15, 0.2) is 30.5 Å². The summed E-state index contributed by atoms with van der Waals surface area (Å²) in [5, 5.41) is 3.84. The zero-order chi connectivity index (χ0) is 13.8. The van der Waals surface area contributed by atoms with Gasteiger partial charge in [0.2, 0.25) is 0 Å². The molecule has 0 bridgehead atoms. The quantitative estimate of drug-likeness (QED) is 0.843. The van der Waals surface area contributed by atoms with Gasteiger partial charge in [0.25, 0.3) is 5.91 Å². The van der Waals surface area contributed by atoms with Gasteiger partial charge in [-0.15, -0.1) is 11.3 Å². The molecule has 1 amide bonds. The lowest BCUT2D eigenvalue weighted by atomic mass is 10.1. The molecule has 1 atom stereocenters. The van der Waals surface area contributed by atoms with E-state index in [0.29, 0.717) is 11.3 Å². The number of aryl methyl sites for hydroxylation is 1. The van der Waals surface area contributed by atoms with Crippen molar-refractivity contribution >= 4 is 22.9 Å². The highest BCUT2D eigenvalue weighted by molar-refractivity contribution is 7.11. The van der Waals surface area contributed by atoms with Crippen LogP contribution in [-0.4, -0.2) is 10.9 Å². The van der Waals surface area contributed by atoms with E-state index in [9.17, 15) is 4.79 Å². The molecule has 0 aliphatic carbocycles. The van der Waals surface area contributed by atoms with E-state index in [1.165, 1.54) is 4.88 Å². The highest BCUT2D eigenvalue weighted by Gasteiger charge is 2.15. The molecule has 0 spiro atoms. The second kappa shape index (κ2) is 5.84. The van der Waals surface area contributed by atoms with Crippen LogP contribution in [0.1, 0.15) is 40.1 Å². The number of nitrogen functional groups attached to an aromatic ring is 1. The average molecular weight is 275 g/mol. The SMILES string of the molecule is CCc1cnc(C(C)NC(=O)c2ccccc2N)s1. The zero-order valence-electron chi connectivity index (χ0n) is 11.0. The Morgan fingerprint density at radius 1 is 1.47 bits per heavy atom. The Labute approximate surface area is 116 Å². The number of nitrogens with two attached hydrogens (primary N) is 1. The molecule has 3 N–H and O–H groups in total. The fourth-order valence-electron chi connectivity index (χ4n) is 1.73.